The van der Waals surface area contributed by atoms with Crippen LogP contribution in [0, 0.1) is 0 Å². The fraction of sp³-hybridized carbons (Fsp3) is 0.870. The van der Waals surface area contributed by atoms with Gasteiger partial charge in [-0.3, -0.25) is 4.79 Å². The molecule has 0 aromatic rings. The van der Waals surface area contributed by atoms with Crippen LogP contribution in [-0.2, 0) is 9.53 Å². The van der Waals surface area contributed by atoms with Crippen molar-refractivity contribution in [3.63, 3.8) is 0 Å². The maximum absolute atomic E-state index is 11.3. The number of hydrogen-bond acceptors (Lipinski definition) is 2. The number of unbranched alkanes of at least 4 members (excludes halogenated alkanes) is 13. The highest BCUT2D eigenvalue weighted by atomic mass is 16.5. The van der Waals surface area contributed by atoms with Gasteiger partial charge in [0.25, 0.3) is 0 Å². The molecule has 0 aromatic carbocycles. The standard InChI is InChI=1S/C23H44O2/c1-3-5-7-8-9-10-11-12-13-14-15-16-17-18-19-20-22-25-23(24)21-6-4-2/h15-16H,3-14,17-22H2,1-2H3/b16-15-. The van der Waals surface area contributed by atoms with E-state index in [9.17, 15) is 4.79 Å². The fourth-order valence-electron chi connectivity index (χ4n) is 2.93. The molecular weight excluding hydrogens is 308 g/mol. The van der Waals surface area contributed by atoms with Gasteiger partial charge in [-0.05, 0) is 44.9 Å². The molecule has 25 heavy (non-hydrogen) atoms. The maximum atomic E-state index is 11.3. The lowest BCUT2D eigenvalue weighted by Crippen LogP contribution is -2.05. The van der Waals surface area contributed by atoms with Gasteiger partial charge in [-0.1, -0.05) is 83.8 Å². The maximum Gasteiger partial charge on any atom is 0.305 e. The van der Waals surface area contributed by atoms with E-state index in [1.807, 2.05) is 0 Å². The van der Waals surface area contributed by atoms with Crippen molar-refractivity contribution < 1.29 is 9.53 Å². The second kappa shape index (κ2) is 21.3. The van der Waals surface area contributed by atoms with Gasteiger partial charge in [-0.2, -0.15) is 0 Å². The van der Waals surface area contributed by atoms with E-state index in [0.29, 0.717) is 13.0 Å². The van der Waals surface area contributed by atoms with Crippen molar-refractivity contribution in [2.75, 3.05) is 6.61 Å². The average Bonchev–Trinajstić information content (AvgIpc) is 2.62. The molecule has 0 aromatic heterocycles. The number of hydrogen-bond donors (Lipinski definition) is 0. The van der Waals surface area contributed by atoms with Crippen LogP contribution >= 0.6 is 0 Å². The molecule has 0 amide bonds. The Morgan fingerprint density at radius 3 is 1.68 bits per heavy atom. The van der Waals surface area contributed by atoms with Crippen LogP contribution in [0.4, 0.5) is 0 Å². The van der Waals surface area contributed by atoms with Crippen molar-refractivity contribution in [3.8, 4) is 0 Å². The third-order valence-electron chi connectivity index (χ3n) is 4.65. The molecule has 0 unspecified atom stereocenters. The van der Waals surface area contributed by atoms with Gasteiger partial charge in [0.1, 0.15) is 0 Å². The third-order valence-corrected chi connectivity index (χ3v) is 4.65. The molecule has 0 aliphatic carbocycles. The zero-order valence-electron chi connectivity index (χ0n) is 17.2. The Labute approximate surface area is 157 Å². The predicted octanol–water partition coefficient (Wildman–Crippen LogP) is 7.76. The van der Waals surface area contributed by atoms with Crippen molar-refractivity contribution in [2.45, 2.75) is 123 Å². The number of allylic oxidation sites excluding steroid dienone is 2. The summed E-state index contributed by atoms with van der Waals surface area (Å²) in [6, 6.07) is 0. The second-order valence-corrected chi connectivity index (χ2v) is 7.26. The molecule has 0 radical (unpaired) electrons. The van der Waals surface area contributed by atoms with Gasteiger partial charge in [0.15, 0.2) is 0 Å². The lowest BCUT2D eigenvalue weighted by atomic mass is 10.1. The third kappa shape index (κ3) is 21.2. The summed E-state index contributed by atoms with van der Waals surface area (Å²) in [6.45, 7) is 4.97. The minimum absolute atomic E-state index is 0.0253. The molecule has 0 heterocycles. The summed E-state index contributed by atoms with van der Waals surface area (Å²) in [5.74, 6) is -0.0253. The van der Waals surface area contributed by atoms with E-state index < -0.39 is 0 Å². The van der Waals surface area contributed by atoms with Crippen LogP contribution in [0.1, 0.15) is 123 Å². The molecule has 0 bridgehead atoms. The first-order valence-electron chi connectivity index (χ1n) is 11.1. The predicted molar refractivity (Wildman–Crippen MR) is 110 cm³/mol. The zero-order valence-corrected chi connectivity index (χ0v) is 17.2. The van der Waals surface area contributed by atoms with Gasteiger partial charge in [-0.15, -0.1) is 0 Å². The van der Waals surface area contributed by atoms with E-state index in [-0.39, 0.29) is 5.97 Å². The van der Waals surface area contributed by atoms with E-state index in [2.05, 4.69) is 26.0 Å². The van der Waals surface area contributed by atoms with Gasteiger partial charge in [-0.25, -0.2) is 0 Å². The van der Waals surface area contributed by atoms with Gasteiger partial charge in [0.05, 0.1) is 6.61 Å². The molecule has 0 saturated carbocycles. The Kier molecular flexibility index (Phi) is 20.6. The number of esters is 1. The van der Waals surface area contributed by atoms with Crippen molar-refractivity contribution in [1.29, 1.82) is 0 Å². The highest BCUT2D eigenvalue weighted by Crippen LogP contribution is 2.11. The highest BCUT2D eigenvalue weighted by Gasteiger charge is 2.00. The zero-order chi connectivity index (χ0) is 18.4. The first-order valence-corrected chi connectivity index (χ1v) is 11.1. The van der Waals surface area contributed by atoms with Crippen LogP contribution in [0.3, 0.4) is 0 Å². The van der Waals surface area contributed by atoms with Crippen LogP contribution in [0.2, 0.25) is 0 Å². The average molecular weight is 353 g/mol. The van der Waals surface area contributed by atoms with Crippen molar-refractivity contribution in [3.05, 3.63) is 12.2 Å². The number of carbonyl (C=O) groups excluding carboxylic acids is 1. The molecular formula is C23H44O2. The highest BCUT2D eigenvalue weighted by molar-refractivity contribution is 5.69. The summed E-state index contributed by atoms with van der Waals surface area (Å²) in [4.78, 5) is 11.3. The normalized spacial score (nSPS) is 11.3. The van der Waals surface area contributed by atoms with Gasteiger partial charge in [0, 0.05) is 6.42 Å². The van der Waals surface area contributed by atoms with Crippen LogP contribution in [0.15, 0.2) is 12.2 Å². The van der Waals surface area contributed by atoms with Gasteiger partial charge < -0.3 is 4.74 Å². The summed E-state index contributed by atoms with van der Waals surface area (Å²) < 4.78 is 5.21. The molecule has 0 fully saturated rings. The number of rotatable bonds is 19. The van der Waals surface area contributed by atoms with E-state index in [0.717, 1.165) is 25.7 Å². The largest absolute Gasteiger partial charge is 0.466 e. The molecule has 2 nitrogen and oxygen atoms in total. The molecule has 0 aliphatic rings. The van der Waals surface area contributed by atoms with Crippen molar-refractivity contribution in [2.24, 2.45) is 0 Å². The Morgan fingerprint density at radius 1 is 0.640 bits per heavy atom. The second-order valence-electron chi connectivity index (χ2n) is 7.26. The quantitative estimate of drug-likeness (QED) is 0.135. The van der Waals surface area contributed by atoms with Gasteiger partial charge in [0.2, 0.25) is 0 Å². The minimum Gasteiger partial charge on any atom is -0.466 e. The molecule has 2 heteroatoms. The Hall–Kier alpha value is -0.790. The van der Waals surface area contributed by atoms with Crippen LogP contribution in [0.5, 0.6) is 0 Å². The Bertz CT molecular complexity index is 296. The summed E-state index contributed by atoms with van der Waals surface area (Å²) in [7, 11) is 0. The lowest BCUT2D eigenvalue weighted by Gasteiger charge is -2.03. The monoisotopic (exact) mass is 352 g/mol. The van der Waals surface area contributed by atoms with Crippen LogP contribution in [-0.4, -0.2) is 12.6 Å². The minimum atomic E-state index is -0.0253. The Morgan fingerprint density at radius 2 is 1.12 bits per heavy atom. The summed E-state index contributed by atoms with van der Waals surface area (Å²) in [5.41, 5.74) is 0. The van der Waals surface area contributed by atoms with E-state index in [1.54, 1.807) is 0 Å². The van der Waals surface area contributed by atoms with Crippen LogP contribution in [0.25, 0.3) is 0 Å². The van der Waals surface area contributed by atoms with Gasteiger partial charge >= 0.3 is 5.97 Å². The van der Waals surface area contributed by atoms with Crippen molar-refractivity contribution in [1.82, 2.24) is 0 Å². The summed E-state index contributed by atoms with van der Waals surface area (Å²) in [6.07, 6.45) is 25.7. The smallest absolute Gasteiger partial charge is 0.305 e. The van der Waals surface area contributed by atoms with E-state index >= 15 is 0 Å². The van der Waals surface area contributed by atoms with Crippen molar-refractivity contribution >= 4 is 5.97 Å². The number of ether oxygens (including phenoxy) is 1. The van der Waals surface area contributed by atoms with E-state index in [1.165, 1.54) is 77.0 Å². The summed E-state index contributed by atoms with van der Waals surface area (Å²) in [5, 5.41) is 0. The Balaban J connectivity index is 3.14. The van der Waals surface area contributed by atoms with Crippen LogP contribution < -0.4 is 0 Å². The molecule has 0 N–H and O–H groups in total. The first kappa shape index (κ1) is 24.2. The summed E-state index contributed by atoms with van der Waals surface area (Å²) >= 11 is 0. The molecule has 148 valence electrons. The molecule has 0 rings (SSSR count). The topological polar surface area (TPSA) is 26.3 Å². The number of carbonyl (C=O) groups is 1. The first-order chi connectivity index (χ1) is 12.3. The fourth-order valence-corrected chi connectivity index (χ4v) is 2.93. The SMILES string of the molecule is CCCCCCCCCCC/C=C\CCCCCOC(=O)CCCC. The molecule has 0 saturated heterocycles. The molecule has 0 atom stereocenters. The lowest BCUT2D eigenvalue weighted by molar-refractivity contribution is -0.143. The molecule has 0 aliphatic heterocycles. The van der Waals surface area contributed by atoms with E-state index in [4.69, 9.17) is 4.74 Å². The molecule has 0 spiro atoms.